The average Bonchev–Trinajstić information content (AvgIpc) is 1.57. The van der Waals surface area contributed by atoms with Gasteiger partial charge in [0.25, 0.3) is 0 Å². The summed E-state index contributed by atoms with van der Waals surface area (Å²) in [6.45, 7) is 108. The fraction of sp³-hybridized carbons (Fsp3) is 0.590. The van der Waals surface area contributed by atoms with Crippen molar-refractivity contribution in [1.82, 2.24) is 0 Å². The van der Waals surface area contributed by atoms with Crippen LogP contribution in [0.4, 0.5) is 0 Å². The second-order valence-corrected chi connectivity index (χ2v) is 68.8. The molecular weight excluding hydrogens is 1680 g/mol. The van der Waals surface area contributed by atoms with Crippen molar-refractivity contribution in [3.8, 4) is 22.3 Å². The van der Waals surface area contributed by atoms with Gasteiger partial charge in [-0.05, 0) is 286 Å². The summed E-state index contributed by atoms with van der Waals surface area (Å²) >= 11 is -0.826. The zero-order valence-electron chi connectivity index (χ0n) is 90.0. The van der Waals surface area contributed by atoms with E-state index in [0.29, 0.717) is 46.6 Å². The molecule has 0 N–H and O–H groups in total. The Bertz CT molecular complexity index is 4720. The topological polar surface area (TPSA) is 0 Å². The van der Waals surface area contributed by atoms with E-state index in [1.807, 2.05) is 0 Å². The first-order valence-electron chi connectivity index (χ1n) is 48.7. The van der Waals surface area contributed by atoms with Gasteiger partial charge in [0.05, 0.1) is 16.1 Å². The second-order valence-electron chi connectivity index (χ2n) is 55.3. The molecule has 0 aromatic heterocycles. The molecule has 127 heavy (non-hydrogen) atoms. The number of hydrogen-bond acceptors (Lipinski definition) is 0. The number of hydrogen-bond donors (Lipinski definition) is 0. The van der Waals surface area contributed by atoms with E-state index in [1.165, 1.54) is 113 Å². The summed E-state index contributed by atoms with van der Waals surface area (Å²) < 4.78 is 0. The molecule has 0 aliphatic heterocycles. The molecule has 0 amide bonds. The van der Waals surface area contributed by atoms with E-state index in [1.54, 1.807) is 44.6 Å². The number of fused-ring (bicyclic) bond motifs is 4. The van der Waals surface area contributed by atoms with E-state index in [-0.39, 0.29) is 79.8 Å². The van der Waals surface area contributed by atoms with Crippen LogP contribution in [0.5, 0.6) is 0 Å². The first kappa shape index (κ1) is 108. The van der Waals surface area contributed by atoms with Crippen LogP contribution < -0.4 is 0 Å². The third kappa shape index (κ3) is 25.1. The molecule has 0 radical (unpaired) electrons. The van der Waals surface area contributed by atoms with Crippen LogP contribution in [0.25, 0.3) is 45.6 Å². The predicted molar refractivity (Wildman–Crippen MR) is 574 cm³/mol. The van der Waals surface area contributed by atoms with Gasteiger partial charge in [-0.15, -0.1) is 0 Å². The molecule has 0 bridgehead atoms. The van der Waals surface area contributed by atoms with Crippen molar-refractivity contribution >= 4 is 56.5 Å². The van der Waals surface area contributed by atoms with Crippen molar-refractivity contribution in [2.24, 2.45) is 57.2 Å². The Balaban J connectivity index is 0.000000300. The monoisotopic (exact) mass is 1860 g/mol. The fourth-order valence-electron chi connectivity index (χ4n) is 23.8. The molecule has 6 aromatic carbocycles. The van der Waals surface area contributed by atoms with E-state index in [9.17, 15) is 0 Å². The molecule has 10 unspecified atom stereocenters. The molecule has 2 saturated carbocycles. The van der Waals surface area contributed by atoms with E-state index in [4.69, 9.17) is 17.0 Å². The number of halogens is 2. The second kappa shape index (κ2) is 37.7. The zero-order chi connectivity index (χ0) is 94.3. The summed E-state index contributed by atoms with van der Waals surface area (Å²) in [7, 11) is 5.77. The van der Waals surface area contributed by atoms with Gasteiger partial charge < -0.3 is 14.9 Å². The molecule has 0 heterocycles. The maximum atomic E-state index is 4.93. The van der Waals surface area contributed by atoms with Crippen molar-refractivity contribution in [3.05, 3.63) is 248 Å². The van der Waals surface area contributed by atoms with Crippen LogP contribution in [0.2, 0.25) is 37.3 Å². The Morgan fingerprint density at radius 1 is 0.307 bits per heavy atom. The summed E-state index contributed by atoms with van der Waals surface area (Å²) in [5.41, 5.74) is 42.5. The van der Waals surface area contributed by atoms with Crippen LogP contribution in [0.15, 0.2) is 144 Å². The Hall–Kier alpha value is -4.34. The van der Waals surface area contributed by atoms with Gasteiger partial charge in [0, 0.05) is 11.1 Å². The van der Waals surface area contributed by atoms with Crippen LogP contribution in [0.3, 0.4) is 0 Å². The fourth-order valence-corrected chi connectivity index (χ4v) is 35.0. The Morgan fingerprint density at radius 3 is 0.756 bits per heavy atom. The van der Waals surface area contributed by atoms with Gasteiger partial charge in [0.2, 0.25) is 0 Å². The minimum atomic E-state index is -2.18. The molecule has 696 valence electrons. The normalized spacial score (nSPS) is 22.0. The van der Waals surface area contributed by atoms with Gasteiger partial charge in [-0.2, -0.15) is 0 Å². The molecule has 12 rings (SSSR count). The average molecular weight is 1870 g/mol. The number of rotatable bonds is 12. The van der Waals surface area contributed by atoms with Crippen molar-refractivity contribution in [3.63, 3.8) is 0 Å². The van der Waals surface area contributed by atoms with Crippen LogP contribution in [0.1, 0.15) is 403 Å². The van der Waals surface area contributed by atoms with E-state index in [2.05, 4.69) is 437 Å². The Morgan fingerprint density at radius 2 is 0.535 bits per heavy atom. The minimum absolute atomic E-state index is 0. The maximum absolute atomic E-state index is 4.93. The summed E-state index contributed by atoms with van der Waals surface area (Å²) in [6.07, 6.45) is 23.3. The van der Waals surface area contributed by atoms with Crippen LogP contribution in [-0.2, 0) is 77.0 Å². The van der Waals surface area contributed by atoms with Gasteiger partial charge >= 0.3 is 37.9 Å². The molecule has 2 fully saturated rings. The van der Waals surface area contributed by atoms with Crippen LogP contribution >= 0.6 is 17.0 Å². The Kier molecular flexibility index (Phi) is 32.1. The molecule has 6 aliphatic rings. The summed E-state index contributed by atoms with van der Waals surface area (Å²) in [4.78, 5) is 0. The molecule has 6 aromatic rings. The van der Waals surface area contributed by atoms with Crippen LogP contribution in [0, 0.1) is 72.0 Å². The van der Waals surface area contributed by atoms with Crippen molar-refractivity contribution in [2.75, 3.05) is 0 Å². The standard InChI is InChI=1S/C60H92Si.C60H84Si.2CH3.2ClH.Zr/c2*1-37-23-49-47(41-29-43(57(9,10)11)33-44(30-41)58(12,13)14)25-39(35-55(3,4)5)27-51(49)53(37)61(21,22)54-38(2)24-50-48(26-40(28-52(50)54)36-56(6,7)8)42-31-45(59(15,16)17)34-46(32-42)60(18,19)20;;;;;/h25-34,37-38,49-54H,23-24,35-36H2,1-22H3;23-34,53-54H,35-36H2,1-22H3;2*1H3;2*1H;/q;;2*-1;;;+4/p-2. The first-order chi connectivity index (χ1) is 56.5. The first-order valence-corrected chi connectivity index (χ1v) is 61.3. The predicted octanol–water partition coefficient (Wildman–Crippen LogP) is 38.2. The molecule has 10 atom stereocenters. The van der Waals surface area contributed by atoms with Gasteiger partial charge in [-0.1, -0.05) is 445 Å². The molecule has 0 saturated heterocycles. The molecule has 0 spiro atoms. The Labute approximate surface area is 804 Å². The summed E-state index contributed by atoms with van der Waals surface area (Å²) in [5, 5.41) is 0. The SMILES string of the molecule is CC1=Cc2c(-c3cc(C(C)(C)C)cc(C(C)(C)C)c3)cc(CC(C)(C)C)cc2C1[Si](C)(C)C1C(C)=Cc2c(-c3cc(C(C)(C)C)cc(C(C)(C)C)c3)cc(CC(C)(C)C)cc21.CC1CC2C(c3cc(C(C)(C)C)cc(C(C)(C)C)c3)=CC(CC(C)(C)C)=CC2C1[Si](C)(C)C1C(C)CC2C(c3cc(C(C)(C)C)cc(C(C)(C)C)c3)=CC(CC(C)(C)C)=CC21.[CH3-].[CH3-].[Cl][Zr+2][Cl]. The van der Waals surface area contributed by atoms with E-state index >= 15 is 0 Å². The van der Waals surface area contributed by atoms with Crippen LogP contribution in [-0.4, -0.2) is 16.1 Å². The molecule has 5 heteroatoms. The molecular formula is C122H182Cl2Si2Zr. The zero-order valence-corrected chi connectivity index (χ0v) is 95.9. The molecule has 0 nitrogen and oxygen atoms in total. The van der Waals surface area contributed by atoms with E-state index < -0.39 is 37.0 Å². The van der Waals surface area contributed by atoms with Crippen molar-refractivity contribution in [1.29, 1.82) is 0 Å². The van der Waals surface area contributed by atoms with E-state index in [0.717, 1.165) is 36.8 Å². The number of allylic oxidation sites excluding steroid dienone is 10. The summed E-state index contributed by atoms with van der Waals surface area (Å²) in [6, 6.07) is 40.9. The van der Waals surface area contributed by atoms with Crippen molar-refractivity contribution < 1.29 is 20.8 Å². The summed E-state index contributed by atoms with van der Waals surface area (Å²) in [5.74, 6) is 3.78. The van der Waals surface area contributed by atoms with Crippen molar-refractivity contribution in [2.45, 2.75) is 407 Å². The van der Waals surface area contributed by atoms with Gasteiger partial charge in [0.1, 0.15) is 0 Å². The third-order valence-corrected chi connectivity index (χ3v) is 39.3. The quantitative estimate of drug-likeness (QED) is 0.0846. The third-order valence-electron chi connectivity index (χ3n) is 29.4. The van der Waals surface area contributed by atoms with Gasteiger partial charge in [-0.3, -0.25) is 0 Å². The van der Waals surface area contributed by atoms with Gasteiger partial charge in [-0.25, -0.2) is 0 Å². The number of benzene rings is 6. The van der Waals surface area contributed by atoms with Gasteiger partial charge in [0.15, 0.2) is 0 Å². The molecule has 6 aliphatic carbocycles.